The number of rotatable bonds is 3. The fourth-order valence-corrected chi connectivity index (χ4v) is 3.35. The first-order chi connectivity index (χ1) is 12.5. The van der Waals surface area contributed by atoms with Crippen LogP contribution in [-0.4, -0.2) is 15.4 Å². The second-order valence-corrected chi connectivity index (χ2v) is 6.20. The highest BCUT2D eigenvalue weighted by Gasteiger charge is 2.13. The number of nitrogens with zero attached hydrogens (tertiary/aromatic N) is 4. The number of amides is 1. The highest BCUT2D eigenvalue weighted by atomic mass is 32.1. The Morgan fingerprint density at radius 2 is 2.04 bits per heavy atom. The van der Waals surface area contributed by atoms with E-state index in [0.29, 0.717) is 21.4 Å². The van der Waals surface area contributed by atoms with E-state index in [0.717, 1.165) is 4.70 Å². The molecule has 0 unspecified atom stereocenters. The zero-order valence-electron chi connectivity index (χ0n) is 13.2. The fourth-order valence-electron chi connectivity index (χ4n) is 2.34. The van der Waals surface area contributed by atoms with Crippen LogP contribution in [-0.2, 0) is 6.54 Å². The molecule has 1 heterocycles. The Bertz CT molecular complexity index is 1170. The van der Waals surface area contributed by atoms with Crippen molar-refractivity contribution in [3.63, 3.8) is 0 Å². The lowest BCUT2D eigenvalue weighted by atomic mass is 10.1. The number of nitro groups is 1. The maximum Gasteiger partial charge on any atom is 0.279 e. The van der Waals surface area contributed by atoms with Gasteiger partial charge in [0.25, 0.3) is 11.6 Å². The molecule has 0 atom stereocenters. The zero-order chi connectivity index (χ0) is 18.7. The minimum atomic E-state index is -0.490. The first-order valence-electron chi connectivity index (χ1n) is 7.34. The summed E-state index contributed by atoms with van der Waals surface area (Å²) in [4.78, 5) is 27.4. The number of carbonyl (C=O) groups is 1. The average molecular weight is 362 g/mol. The number of thiazole rings is 1. The van der Waals surface area contributed by atoms with Gasteiger partial charge in [-0.25, -0.2) is 0 Å². The summed E-state index contributed by atoms with van der Waals surface area (Å²) in [6.45, 7) is 0.126. The minimum absolute atomic E-state index is 0.0639. The van der Waals surface area contributed by atoms with Crippen LogP contribution in [0.25, 0.3) is 10.2 Å². The number of aromatic nitrogens is 1. The van der Waals surface area contributed by atoms with Crippen LogP contribution in [0.2, 0.25) is 0 Å². The van der Waals surface area contributed by atoms with E-state index >= 15 is 0 Å². The third-order valence-electron chi connectivity index (χ3n) is 3.58. The Morgan fingerprint density at radius 1 is 1.31 bits per heavy atom. The molecule has 8 heteroatoms. The number of hydrogen-bond acceptors (Lipinski definition) is 5. The predicted molar refractivity (Wildman–Crippen MR) is 96.4 cm³/mol. The molecule has 1 aromatic heterocycles. The summed E-state index contributed by atoms with van der Waals surface area (Å²) in [6, 6.07) is 12.5. The summed E-state index contributed by atoms with van der Waals surface area (Å²) in [5, 5.41) is 19.8. The van der Waals surface area contributed by atoms with Gasteiger partial charge in [-0.15, -0.1) is 6.42 Å². The van der Waals surface area contributed by atoms with E-state index in [-0.39, 0.29) is 12.2 Å². The number of hydrogen-bond donors (Lipinski definition) is 0. The predicted octanol–water partition coefficient (Wildman–Crippen LogP) is 2.86. The first kappa shape index (κ1) is 17.1. The second-order valence-electron chi connectivity index (χ2n) is 5.19. The molecular formula is C18H10N4O3S. The molecule has 26 heavy (non-hydrogen) atoms. The fraction of sp³-hybridized carbons (Fsp3) is 0.0556. The Hall–Kier alpha value is -3.75. The van der Waals surface area contributed by atoms with Crippen LogP contribution >= 0.6 is 11.3 Å². The minimum Gasteiger partial charge on any atom is -0.304 e. The lowest BCUT2D eigenvalue weighted by molar-refractivity contribution is -0.384. The van der Waals surface area contributed by atoms with Gasteiger partial charge in [-0.3, -0.25) is 14.9 Å². The summed E-state index contributed by atoms with van der Waals surface area (Å²) in [7, 11) is 0. The van der Waals surface area contributed by atoms with Crippen molar-refractivity contribution in [2.75, 3.05) is 0 Å². The summed E-state index contributed by atoms with van der Waals surface area (Å²) in [5.74, 6) is 1.99. The van der Waals surface area contributed by atoms with Gasteiger partial charge in [0.1, 0.15) is 0 Å². The Balaban J connectivity index is 2.13. The van der Waals surface area contributed by atoms with Crippen LogP contribution in [0.4, 0.5) is 5.69 Å². The van der Waals surface area contributed by atoms with Crippen molar-refractivity contribution in [3.05, 3.63) is 68.5 Å². The van der Waals surface area contributed by atoms with E-state index in [1.54, 1.807) is 10.6 Å². The molecule has 2 aromatic carbocycles. The van der Waals surface area contributed by atoms with Gasteiger partial charge in [0.05, 0.1) is 33.3 Å². The molecule has 0 saturated carbocycles. The molecule has 0 fully saturated rings. The number of non-ortho nitro benzene ring substituents is 1. The average Bonchev–Trinajstić information content (AvgIpc) is 2.98. The summed E-state index contributed by atoms with van der Waals surface area (Å²) in [5.41, 5.74) is 1.26. The van der Waals surface area contributed by atoms with E-state index in [1.807, 2.05) is 6.07 Å². The summed E-state index contributed by atoms with van der Waals surface area (Å²) < 4.78 is 2.33. The van der Waals surface area contributed by atoms with Gasteiger partial charge in [0, 0.05) is 17.7 Å². The molecular weight excluding hydrogens is 352 g/mol. The maximum absolute atomic E-state index is 12.4. The van der Waals surface area contributed by atoms with Crippen molar-refractivity contribution in [1.29, 1.82) is 5.26 Å². The number of nitriles is 1. The van der Waals surface area contributed by atoms with Gasteiger partial charge in [-0.05, 0) is 30.3 Å². The normalized spacial score (nSPS) is 11.1. The van der Waals surface area contributed by atoms with E-state index in [2.05, 4.69) is 10.9 Å². The molecule has 0 bridgehead atoms. The van der Waals surface area contributed by atoms with E-state index < -0.39 is 10.8 Å². The van der Waals surface area contributed by atoms with Crippen LogP contribution < -0.4 is 4.80 Å². The Kier molecular flexibility index (Phi) is 4.61. The van der Waals surface area contributed by atoms with Gasteiger partial charge >= 0.3 is 0 Å². The number of terminal acetylenes is 1. The Morgan fingerprint density at radius 3 is 2.65 bits per heavy atom. The third-order valence-corrected chi connectivity index (χ3v) is 4.64. The zero-order valence-corrected chi connectivity index (χ0v) is 14.1. The van der Waals surface area contributed by atoms with Crippen molar-refractivity contribution in [1.82, 2.24) is 4.57 Å². The molecule has 0 aliphatic heterocycles. The van der Waals surface area contributed by atoms with Gasteiger partial charge in [0.2, 0.25) is 0 Å². The molecule has 0 aliphatic carbocycles. The highest BCUT2D eigenvalue weighted by Crippen LogP contribution is 2.23. The monoisotopic (exact) mass is 362 g/mol. The summed E-state index contributed by atoms with van der Waals surface area (Å²) in [6.07, 6.45) is 5.39. The first-order valence-corrected chi connectivity index (χ1v) is 8.15. The SMILES string of the molecule is C#CCn1c(=NC(=O)c2ccc(C#N)cc2)sc2ccc([N+](=O)[O-])cc21. The molecule has 3 rings (SSSR count). The maximum atomic E-state index is 12.4. The topological polar surface area (TPSA) is 101 Å². The number of nitro benzene ring substituents is 1. The quantitative estimate of drug-likeness (QED) is 0.406. The van der Waals surface area contributed by atoms with Crippen LogP contribution in [0, 0.1) is 33.8 Å². The van der Waals surface area contributed by atoms with Gasteiger partial charge in [0.15, 0.2) is 4.80 Å². The third kappa shape index (κ3) is 3.22. The lowest BCUT2D eigenvalue weighted by Crippen LogP contribution is -2.16. The molecule has 0 saturated heterocycles. The van der Waals surface area contributed by atoms with Crippen LogP contribution in [0.1, 0.15) is 15.9 Å². The molecule has 0 N–H and O–H groups in total. The molecule has 3 aromatic rings. The summed E-state index contributed by atoms with van der Waals surface area (Å²) >= 11 is 1.22. The van der Waals surface area contributed by atoms with Gasteiger partial charge in [-0.1, -0.05) is 17.3 Å². The largest absolute Gasteiger partial charge is 0.304 e. The smallest absolute Gasteiger partial charge is 0.279 e. The number of carbonyl (C=O) groups excluding carboxylic acids is 1. The highest BCUT2D eigenvalue weighted by molar-refractivity contribution is 7.16. The standard InChI is InChI=1S/C18H10N4O3S/c1-2-9-21-15-10-14(22(24)25)7-8-16(15)26-18(21)20-17(23)13-5-3-12(11-19)4-6-13/h1,3-8,10H,9H2. The molecule has 126 valence electrons. The van der Waals surface area contributed by atoms with Gasteiger partial charge < -0.3 is 4.57 Å². The Labute approximate surface area is 151 Å². The van der Waals surface area contributed by atoms with E-state index in [9.17, 15) is 14.9 Å². The van der Waals surface area contributed by atoms with Crippen LogP contribution in [0.3, 0.4) is 0 Å². The van der Waals surface area contributed by atoms with Crippen LogP contribution in [0.5, 0.6) is 0 Å². The van der Waals surface area contributed by atoms with E-state index in [1.165, 1.54) is 47.7 Å². The number of benzene rings is 2. The lowest BCUT2D eigenvalue weighted by Gasteiger charge is -2.00. The van der Waals surface area contributed by atoms with E-state index in [4.69, 9.17) is 11.7 Å². The molecule has 0 aliphatic rings. The second kappa shape index (κ2) is 7.01. The van der Waals surface area contributed by atoms with Crippen molar-refractivity contribution >= 4 is 33.1 Å². The van der Waals surface area contributed by atoms with Crippen molar-refractivity contribution in [3.8, 4) is 18.4 Å². The van der Waals surface area contributed by atoms with Crippen molar-refractivity contribution in [2.45, 2.75) is 6.54 Å². The molecule has 7 nitrogen and oxygen atoms in total. The van der Waals surface area contributed by atoms with Gasteiger partial charge in [-0.2, -0.15) is 10.3 Å². The van der Waals surface area contributed by atoms with Crippen molar-refractivity contribution < 1.29 is 9.72 Å². The molecule has 0 radical (unpaired) electrons. The molecule has 1 amide bonds. The van der Waals surface area contributed by atoms with Crippen LogP contribution in [0.15, 0.2) is 47.5 Å². The molecule has 0 spiro atoms. The number of fused-ring (bicyclic) bond motifs is 1. The van der Waals surface area contributed by atoms with Crippen molar-refractivity contribution in [2.24, 2.45) is 4.99 Å².